The van der Waals surface area contributed by atoms with E-state index in [0.717, 1.165) is 33.0 Å². The lowest BCUT2D eigenvalue weighted by Gasteiger charge is -2.09. The summed E-state index contributed by atoms with van der Waals surface area (Å²) in [6, 6.07) is 15.9. The molecule has 164 valence electrons. The summed E-state index contributed by atoms with van der Waals surface area (Å²) < 4.78 is 11.4. The molecule has 0 unspecified atom stereocenters. The summed E-state index contributed by atoms with van der Waals surface area (Å²) in [6.45, 7) is 6.14. The second-order valence-corrected chi connectivity index (χ2v) is 9.23. The van der Waals surface area contributed by atoms with Gasteiger partial charge in [0.2, 0.25) is 5.91 Å². The number of hydrogen-bond acceptors (Lipinski definition) is 8. The molecule has 0 aliphatic heterocycles. The molecule has 0 fully saturated rings. The second-order valence-electron chi connectivity index (χ2n) is 7.10. The maximum atomic E-state index is 12.4. The number of thioether (sulfide) groups is 1. The summed E-state index contributed by atoms with van der Waals surface area (Å²) in [5, 5.41) is 11.7. The lowest BCUT2D eigenvalue weighted by atomic mass is 10.1. The number of benzene rings is 2. The minimum absolute atomic E-state index is 0.138. The molecule has 1 N–H and O–H groups in total. The van der Waals surface area contributed by atoms with Gasteiger partial charge in [-0.05, 0) is 31.9 Å². The highest BCUT2D eigenvalue weighted by Gasteiger charge is 2.14. The first-order valence-corrected chi connectivity index (χ1v) is 11.8. The number of anilines is 1. The van der Waals surface area contributed by atoms with Crippen LogP contribution in [0.1, 0.15) is 21.9 Å². The van der Waals surface area contributed by atoms with Gasteiger partial charge in [0.05, 0.1) is 11.4 Å². The topological polar surface area (TPSA) is 90.1 Å². The smallest absolute Gasteiger partial charge is 0.277 e. The maximum Gasteiger partial charge on any atom is 0.277 e. The summed E-state index contributed by atoms with van der Waals surface area (Å²) in [7, 11) is 0. The molecular formula is C23H22N4O3S2. The van der Waals surface area contributed by atoms with Gasteiger partial charge in [-0.25, -0.2) is 4.98 Å². The van der Waals surface area contributed by atoms with Crippen LogP contribution in [0.15, 0.2) is 58.2 Å². The molecule has 4 rings (SSSR count). The highest BCUT2D eigenvalue weighted by atomic mass is 32.2. The van der Waals surface area contributed by atoms with Crippen LogP contribution in [-0.2, 0) is 11.4 Å². The molecule has 0 bridgehead atoms. The van der Waals surface area contributed by atoms with E-state index in [-0.39, 0.29) is 18.3 Å². The minimum Gasteiger partial charge on any atom is -0.483 e. The van der Waals surface area contributed by atoms with E-state index in [0.29, 0.717) is 16.2 Å². The second kappa shape index (κ2) is 9.97. The van der Waals surface area contributed by atoms with Gasteiger partial charge >= 0.3 is 0 Å². The zero-order valence-electron chi connectivity index (χ0n) is 17.9. The number of carbonyl (C=O) groups is 1. The molecular weight excluding hydrogens is 444 g/mol. The Morgan fingerprint density at radius 1 is 1.06 bits per heavy atom. The van der Waals surface area contributed by atoms with Crippen molar-refractivity contribution in [2.24, 2.45) is 0 Å². The molecule has 9 heteroatoms. The Labute approximate surface area is 194 Å². The van der Waals surface area contributed by atoms with E-state index in [2.05, 4.69) is 20.5 Å². The van der Waals surface area contributed by atoms with Crippen molar-refractivity contribution >= 4 is 34.1 Å². The number of amides is 1. The van der Waals surface area contributed by atoms with Crippen LogP contribution in [0.5, 0.6) is 5.75 Å². The van der Waals surface area contributed by atoms with Gasteiger partial charge in [0, 0.05) is 10.4 Å². The van der Waals surface area contributed by atoms with E-state index in [1.807, 2.05) is 69.3 Å². The first-order chi connectivity index (χ1) is 15.5. The average molecular weight is 467 g/mol. The van der Waals surface area contributed by atoms with E-state index < -0.39 is 0 Å². The number of aryl methyl sites for hydroxylation is 3. The zero-order chi connectivity index (χ0) is 22.5. The van der Waals surface area contributed by atoms with Gasteiger partial charge in [-0.15, -0.1) is 21.5 Å². The molecule has 2 aromatic carbocycles. The Bertz CT molecular complexity index is 1200. The SMILES string of the molecule is Cc1cccc(C)c1OCc1nnc(SCC(=O)Nc2nc(-c3ccccc3)c(C)s2)o1. The van der Waals surface area contributed by atoms with E-state index >= 15 is 0 Å². The number of carbonyl (C=O) groups excluding carboxylic acids is 1. The molecule has 0 radical (unpaired) electrons. The molecule has 0 saturated carbocycles. The maximum absolute atomic E-state index is 12.4. The first-order valence-electron chi connectivity index (χ1n) is 9.96. The summed E-state index contributed by atoms with van der Waals surface area (Å²) in [6.07, 6.45) is 0. The Hall–Kier alpha value is -3.17. The lowest BCUT2D eigenvalue weighted by molar-refractivity contribution is -0.113. The molecule has 0 saturated heterocycles. The highest BCUT2D eigenvalue weighted by molar-refractivity contribution is 7.99. The number of hydrogen-bond donors (Lipinski definition) is 1. The Balaban J connectivity index is 1.29. The number of thiazole rings is 1. The zero-order valence-corrected chi connectivity index (χ0v) is 19.5. The van der Waals surface area contributed by atoms with Crippen molar-refractivity contribution in [3.8, 4) is 17.0 Å². The largest absolute Gasteiger partial charge is 0.483 e. The third kappa shape index (κ3) is 5.35. The van der Waals surface area contributed by atoms with Gasteiger partial charge in [0.15, 0.2) is 11.7 Å². The van der Waals surface area contributed by atoms with Gasteiger partial charge < -0.3 is 14.5 Å². The summed E-state index contributed by atoms with van der Waals surface area (Å²) >= 11 is 2.62. The molecule has 2 aromatic heterocycles. The molecule has 1 amide bonds. The van der Waals surface area contributed by atoms with Gasteiger partial charge in [-0.3, -0.25) is 4.79 Å². The normalized spacial score (nSPS) is 10.8. The number of nitrogens with one attached hydrogen (secondary N) is 1. The quantitative estimate of drug-likeness (QED) is 0.346. The number of nitrogens with zero attached hydrogens (tertiary/aromatic N) is 3. The fourth-order valence-corrected chi connectivity index (χ4v) is 4.54. The lowest BCUT2D eigenvalue weighted by Crippen LogP contribution is -2.13. The van der Waals surface area contributed by atoms with E-state index in [1.165, 1.54) is 23.1 Å². The first kappa shape index (κ1) is 22.0. The standard InChI is InChI=1S/C23H22N4O3S2/c1-14-8-7-9-15(2)21(14)29-12-19-26-27-23(30-19)31-13-18(28)24-22-25-20(16(3)32-22)17-10-5-4-6-11-17/h4-11H,12-13H2,1-3H3,(H,24,25,28). The molecule has 4 aromatic rings. The fourth-order valence-electron chi connectivity index (χ4n) is 3.11. The van der Waals surface area contributed by atoms with E-state index in [9.17, 15) is 4.79 Å². The Morgan fingerprint density at radius 2 is 1.81 bits per heavy atom. The molecule has 2 heterocycles. The summed E-state index contributed by atoms with van der Waals surface area (Å²) in [4.78, 5) is 18.0. The third-order valence-corrected chi connectivity index (χ3v) is 6.32. The highest BCUT2D eigenvalue weighted by Crippen LogP contribution is 2.30. The van der Waals surface area contributed by atoms with Crippen LogP contribution in [0.4, 0.5) is 5.13 Å². The average Bonchev–Trinajstić information content (AvgIpc) is 3.38. The predicted octanol–water partition coefficient (Wildman–Crippen LogP) is 5.43. The van der Waals surface area contributed by atoms with Gasteiger partial charge in [0.25, 0.3) is 11.1 Å². The molecule has 32 heavy (non-hydrogen) atoms. The Morgan fingerprint density at radius 3 is 2.56 bits per heavy atom. The number of para-hydroxylation sites is 1. The number of aromatic nitrogens is 3. The van der Waals surface area contributed by atoms with Crippen LogP contribution in [-0.4, -0.2) is 26.8 Å². The summed E-state index contributed by atoms with van der Waals surface area (Å²) in [5.41, 5.74) is 3.99. The molecule has 0 aliphatic carbocycles. The minimum atomic E-state index is -0.185. The van der Waals surface area contributed by atoms with Crippen LogP contribution < -0.4 is 10.1 Å². The van der Waals surface area contributed by atoms with Gasteiger partial charge in [-0.2, -0.15) is 0 Å². The Kier molecular flexibility index (Phi) is 6.87. The van der Waals surface area contributed by atoms with Gasteiger partial charge in [-0.1, -0.05) is 60.3 Å². The van der Waals surface area contributed by atoms with Crippen LogP contribution in [0.25, 0.3) is 11.3 Å². The predicted molar refractivity (Wildman–Crippen MR) is 126 cm³/mol. The van der Waals surface area contributed by atoms with Crippen LogP contribution in [0.2, 0.25) is 0 Å². The van der Waals surface area contributed by atoms with Crippen molar-refractivity contribution in [3.05, 3.63) is 70.4 Å². The summed E-state index contributed by atoms with van der Waals surface area (Å²) in [5.74, 6) is 1.12. The van der Waals surface area contributed by atoms with Crippen LogP contribution in [0.3, 0.4) is 0 Å². The van der Waals surface area contributed by atoms with Crippen molar-refractivity contribution in [3.63, 3.8) is 0 Å². The molecule has 0 aliphatic rings. The monoisotopic (exact) mass is 466 g/mol. The number of rotatable bonds is 8. The van der Waals surface area contributed by atoms with Gasteiger partial charge in [0.1, 0.15) is 5.75 Å². The molecule has 0 atom stereocenters. The van der Waals surface area contributed by atoms with Crippen molar-refractivity contribution < 1.29 is 13.9 Å². The van der Waals surface area contributed by atoms with Crippen molar-refractivity contribution in [1.82, 2.24) is 15.2 Å². The molecule has 7 nitrogen and oxygen atoms in total. The van der Waals surface area contributed by atoms with E-state index in [4.69, 9.17) is 9.15 Å². The number of ether oxygens (including phenoxy) is 1. The molecule has 0 spiro atoms. The third-order valence-electron chi connectivity index (χ3n) is 4.61. The van der Waals surface area contributed by atoms with Crippen molar-refractivity contribution in [2.75, 3.05) is 11.1 Å². The van der Waals surface area contributed by atoms with Crippen molar-refractivity contribution in [2.45, 2.75) is 32.6 Å². The van der Waals surface area contributed by atoms with Crippen LogP contribution >= 0.6 is 23.1 Å². The fraction of sp³-hybridized carbons (Fsp3) is 0.217. The van der Waals surface area contributed by atoms with Crippen LogP contribution in [0, 0.1) is 20.8 Å². The van der Waals surface area contributed by atoms with E-state index in [1.54, 1.807) is 0 Å². The van der Waals surface area contributed by atoms with Crippen molar-refractivity contribution in [1.29, 1.82) is 0 Å².